The van der Waals surface area contributed by atoms with E-state index in [1.54, 1.807) is 31.7 Å². The van der Waals surface area contributed by atoms with E-state index in [9.17, 15) is 22.8 Å². The lowest BCUT2D eigenvalue weighted by molar-refractivity contribution is -0.139. The summed E-state index contributed by atoms with van der Waals surface area (Å²) in [6.45, 7) is 14.0. The quantitative estimate of drug-likeness (QED) is 0.310. The largest absolute Gasteiger partial charge is 0.488 e. The van der Waals surface area contributed by atoms with Crippen molar-refractivity contribution in [3.8, 4) is 5.75 Å². The molecule has 258 valence electrons. The van der Waals surface area contributed by atoms with Crippen molar-refractivity contribution in [3.05, 3.63) is 29.3 Å². The van der Waals surface area contributed by atoms with E-state index in [0.717, 1.165) is 25.9 Å². The van der Waals surface area contributed by atoms with E-state index < -0.39 is 17.3 Å². The molecule has 4 unspecified atom stereocenters. The number of ether oxygens (including phenoxy) is 3. The maximum absolute atomic E-state index is 13.4. The Morgan fingerprint density at radius 3 is 2.13 bits per heavy atom. The van der Waals surface area contributed by atoms with E-state index in [2.05, 4.69) is 19.2 Å². The molecule has 2 N–H and O–H groups in total. The van der Waals surface area contributed by atoms with Crippen molar-refractivity contribution in [2.24, 2.45) is 5.41 Å². The van der Waals surface area contributed by atoms with E-state index in [1.807, 2.05) is 14.0 Å². The van der Waals surface area contributed by atoms with Crippen molar-refractivity contribution < 1.29 is 46.9 Å². The Morgan fingerprint density at radius 1 is 1.13 bits per heavy atom. The SMILES string of the molecule is CC(C)(C)Oc1ccc(C2CCN(C=O)CC2)cc1C(F)(F)F.CCC=O.CNC(C)C(C)OCC12CCC(C1)OC2.O=CO. The Labute approximate surface area is 266 Å². The molecule has 2 saturated heterocycles. The number of piperidine rings is 1. The third-order valence-corrected chi connectivity index (χ3v) is 8.14. The van der Waals surface area contributed by atoms with Crippen molar-refractivity contribution in [2.75, 3.05) is 33.4 Å². The van der Waals surface area contributed by atoms with Crippen LogP contribution in [0.1, 0.15) is 97.1 Å². The number of aldehydes is 1. The van der Waals surface area contributed by atoms with Gasteiger partial charge in [0.25, 0.3) is 6.47 Å². The summed E-state index contributed by atoms with van der Waals surface area (Å²) >= 11 is 0. The number of hydrogen-bond donors (Lipinski definition) is 2. The Hall–Kier alpha value is -2.70. The number of nitrogens with one attached hydrogen (secondary N) is 1. The third-order valence-electron chi connectivity index (χ3n) is 8.14. The van der Waals surface area contributed by atoms with Gasteiger partial charge in [-0.3, -0.25) is 9.59 Å². The second kappa shape index (κ2) is 19.1. The Balaban J connectivity index is 0.000000393. The van der Waals surface area contributed by atoms with Crippen LogP contribution in [0.3, 0.4) is 0 Å². The number of rotatable bonds is 9. The molecule has 12 heteroatoms. The summed E-state index contributed by atoms with van der Waals surface area (Å²) in [5.41, 5.74) is -0.421. The minimum Gasteiger partial charge on any atom is -0.488 e. The molecule has 3 aliphatic rings. The van der Waals surface area contributed by atoms with Gasteiger partial charge in [-0.05, 0) is 97.4 Å². The maximum Gasteiger partial charge on any atom is 0.419 e. The van der Waals surface area contributed by atoms with Gasteiger partial charge >= 0.3 is 6.18 Å². The molecule has 2 bridgehead atoms. The van der Waals surface area contributed by atoms with Gasteiger partial charge in [-0.1, -0.05) is 13.0 Å². The van der Waals surface area contributed by atoms with Crippen molar-refractivity contribution >= 4 is 19.2 Å². The number of benzene rings is 1. The lowest BCUT2D eigenvalue weighted by Crippen LogP contribution is -2.37. The van der Waals surface area contributed by atoms with Crippen LogP contribution >= 0.6 is 0 Å². The lowest BCUT2D eigenvalue weighted by atomic mass is 9.88. The molecule has 1 aliphatic carbocycles. The van der Waals surface area contributed by atoms with Crippen LogP contribution in [0.15, 0.2) is 18.2 Å². The molecule has 1 amide bonds. The first-order valence-corrected chi connectivity index (χ1v) is 15.6. The molecule has 4 rings (SSSR count). The minimum atomic E-state index is -4.46. The highest BCUT2D eigenvalue weighted by Crippen LogP contribution is 2.46. The van der Waals surface area contributed by atoms with Crippen LogP contribution < -0.4 is 10.1 Å². The first kappa shape index (κ1) is 40.3. The summed E-state index contributed by atoms with van der Waals surface area (Å²) in [7, 11) is 1.98. The van der Waals surface area contributed by atoms with E-state index in [4.69, 9.17) is 24.1 Å². The molecule has 0 aromatic heterocycles. The van der Waals surface area contributed by atoms with Crippen molar-refractivity contribution in [1.82, 2.24) is 10.2 Å². The van der Waals surface area contributed by atoms with Gasteiger partial charge in [0.1, 0.15) is 17.6 Å². The van der Waals surface area contributed by atoms with Gasteiger partial charge in [-0.2, -0.15) is 13.2 Å². The number of fused-ring (bicyclic) bond motifs is 2. The van der Waals surface area contributed by atoms with Crippen LogP contribution in [0.25, 0.3) is 0 Å². The fourth-order valence-electron chi connectivity index (χ4n) is 5.36. The Kier molecular flexibility index (Phi) is 17.1. The van der Waals surface area contributed by atoms with Gasteiger partial charge in [-0.25, -0.2) is 0 Å². The number of alkyl halides is 3. The average Bonchev–Trinajstić information content (AvgIpc) is 3.61. The zero-order valence-electron chi connectivity index (χ0n) is 27.8. The number of carbonyl (C=O) groups excluding carboxylic acids is 2. The molecule has 1 saturated carbocycles. The number of hydrogen-bond acceptors (Lipinski definition) is 7. The first-order chi connectivity index (χ1) is 21.1. The highest BCUT2D eigenvalue weighted by Gasteiger charge is 2.46. The Morgan fingerprint density at radius 2 is 1.73 bits per heavy atom. The van der Waals surface area contributed by atoms with Crippen molar-refractivity contribution in [3.63, 3.8) is 0 Å². The zero-order valence-corrected chi connectivity index (χ0v) is 27.8. The van der Waals surface area contributed by atoms with Crippen LogP contribution in [0, 0.1) is 5.41 Å². The molecule has 1 aromatic rings. The van der Waals surface area contributed by atoms with E-state index in [0.29, 0.717) is 55.5 Å². The molecule has 2 aliphatic heterocycles. The Bertz CT molecular complexity index is 1020. The molecular weight excluding hydrogens is 593 g/mol. The summed E-state index contributed by atoms with van der Waals surface area (Å²) in [4.78, 5) is 29.9. The average molecular weight is 647 g/mol. The van der Waals surface area contributed by atoms with E-state index in [-0.39, 0.29) is 24.2 Å². The number of likely N-dealkylation sites (tertiary alicyclic amines) is 1. The normalized spacial score (nSPS) is 22.4. The number of nitrogens with zero attached hydrogens (tertiary/aromatic N) is 1. The van der Waals surface area contributed by atoms with Crippen molar-refractivity contribution in [2.45, 2.75) is 116 Å². The third kappa shape index (κ3) is 14.1. The number of likely N-dealkylation sites (N-methyl/N-ethyl adjacent to an activating group) is 1. The molecule has 45 heavy (non-hydrogen) atoms. The number of amides is 1. The fraction of sp³-hybridized carbons (Fsp3) is 0.727. The smallest absolute Gasteiger partial charge is 0.419 e. The molecule has 4 atom stereocenters. The van der Waals surface area contributed by atoms with E-state index >= 15 is 0 Å². The van der Waals surface area contributed by atoms with Crippen LogP contribution in [0.4, 0.5) is 13.2 Å². The standard InChI is InChI=1S/C17H22F3NO2.C12H23NO2.C3H6O.CH2O2/c1-16(2,3)23-15-5-4-13(10-14(15)17(18,19)20)12-6-8-21(11-22)9-7-12;1-9(13-3)10(2)14-7-12-5-4-11(6-12)15-8-12;1-2-3-4;2-1-3/h4-5,10-12H,6-9H2,1-3H3;9-11,13H,4-8H2,1-3H3;3H,2H2,1H3;1H,(H,2,3). The first-order valence-electron chi connectivity index (χ1n) is 15.6. The fourth-order valence-corrected chi connectivity index (χ4v) is 5.36. The topological polar surface area (TPSA) is 114 Å². The van der Waals surface area contributed by atoms with E-state index in [1.165, 1.54) is 31.4 Å². The summed E-state index contributed by atoms with van der Waals surface area (Å²) in [6.07, 6.45) is 3.75. The second-order valence-corrected chi connectivity index (χ2v) is 12.8. The highest BCUT2D eigenvalue weighted by molar-refractivity contribution is 5.48. The van der Waals surface area contributed by atoms with Crippen LogP contribution in [0.2, 0.25) is 0 Å². The molecule has 0 radical (unpaired) electrons. The number of halogens is 3. The summed E-state index contributed by atoms with van der Waals surface area (Å²) in [5, 5.41) is 10.1. The molecule has 3 fully saturated rings. The van der Waals surface area contributed by atoms with Gasteiger partial charge in [0, 0.05) is 31.0 Å². The van der Waals surface area contributed by atoms with Crippen LogP contribution in [-0.2, 0) is 30.0 Å². The molecule has 1 aromatic carbocycles. The number of carboxylic acid groups (broad SMARTS) is 1. The summed E-state index contributed by atoms with van der Waals surface area (Å²) in [5.74, 6) is -0.102. The molecule has 9 nitrogen and oxygen atoms in total. The minimum absolute atomic E-state index is 0.0380. The molecule has 0 spiro atoms. The maximum atomic E-state index is 13.4. The van der Waals surface area contributed by atoms with Gasteiger partial charge in [0.05, 0.1) is 31.0 Å². The second-order valence-electron chi connectivity index (χ2n) is 12.8. The van der Waals surface area contributed by atoms with Gasteiger partial charge < -0.3 is 34.3 Å². The predicted molar refractivity (Wildman–Crippen MR) is 166 cm³/mol. The van der Waals surface area contributed by atoms with Crippen molar-refractivity contribution in [1.29, 1.82) is 0 Å². The predicted octanol–water partition coefficient (Wildman–Crippen LogP) is 6.08. The summed E-state index contributed by atoms with van der Waals surface area (Å²) < 4.78 is 57.2. The zero-order chi connectivity index (χ0) is 34.3. The number of carbonyl (C=O) groups is 3. The van der Waals surface area contributed by atoms with Gasteiger partial charge in [0.15, 0.2) is 0 Å². The molecular formula is C33H53F3N2O7. The lowest BCUT2D eigenvalue weighted by Gasteiger charge is -2.30. The monoisotopic (exact) mass is 646 g/mol. The highest BCUT2D eigenvalue weighted by atomic mass is 19.4. The molecule has 2 heterocycles. The van der Waals surface area contributed by atoms with Crippen LogP contribution in [-0.4, -0.2) is 86.4 Å². The summed E-state index contributed by atoms with van der Waals surface area (Å²) in [6, 6.07) is 4.73. The van der Waals surface area contributed by atoms with Gasteiger partial charge in [0.2, 0.25) is 6.41 Å². The van der Waals surface area contributed by atoms with Crippen LogP contribution in [0.5, 0.6) is 5.75 Å². The van der Waals surface area contributed by atoms with Gasteiger partial charge in [-0.15, -0.1) is 0 Å².